The summed E-state index contributed by atoms with van der Waals surface area (Å²) in [6.07, 6.45) is 0. The van der Waals surface area contributed by atoms with Gasteiger partial charge in [0.2, 0.25) is 0 Å². The number of rotatable bonds is 4. The monoisotopic (exact) mass is 719 g/mol. The Labute approximate surface area is 319 Å². The quantitative estimate of drug-likeness (QED) is 0.182. The van der Waals surface area contributed by atoms with E-state index in [0.29, 0.717) is 5.82 Å². The lowest BCUT2D eigenvalue weighted by Gasteiger charge is -2.11. The Morgan fingerprint density at radius 2 is 1.13 bits per heavy atom. The fraction of sp³-hybridized carbons (Fsp3) is 0. The fourth-order valence-corrected chi connectivity index (χ4v) is 9.48. The second-order valence-corrected chi connectivity index (χ2v) is 15.2. The molecule has 0 fully saturated rings. The van der Waals surface area contributed by atoms with E-state index in [1.165, 1.54) is 48.4 Å². The van der Waals surface area contributed by atoms with E-state index in [9.17, 15) is 0 Å². The molecule has 0 bridgehead atoms. The molecule has 0 aliphatic carbocycles. The first-order valence-corrected chi connectivity index (χ1v) is 19.3. The second-order valence-electron chi connectivity index (χ2n) is 14.2. The van der Waals surface area contributed by atoms with Gasteiger partial charge in [-0.05, 0) is 101 Å². The van der Waals surface area contributed by atoms with Crippen LogP contribution in [0.25, 0.3) is 114 Å². The Hall–Kier alpha value is -7.08. The molecule has 0 aliphatic heterocycles. The van der Waals surface area contributed by atoms with Crippen molar-refractivity contribution in [3.63, 3.8) is 0 Å². The van der Waals surface area contributed by atoms with Crippen LogP contribution in [0.4, 0.5) is 0 Å². The minimum atomic E-state index is 0.698. The number of hydrogen-bond acceptors (Lipinski definition) is 4. The summed E-state index contributed by atoms with van der Waals surface area (Å²) in [6, 6.07) is 62.6. The molecule has 5 heteroatoms. The minimum Gasteiger partial charge on any atom is -0.456 e. The molecule has 0 atom stereocenters. The van der Waals surface area contributed by atoms with E-state index >= 15 is 0 Å². The normalized spacial score (nSPS) is 12.0. The van der Waals surface area contributed by atoms with Crippen LogP contribution in [0.2, 0.25) is 0 Å². The maximum atomic E-state index is 6.21. The lowest BCUT2D eigenvalue weighted by atomic mass is 10.0. The van der Waals surface area contributed by atoms with Crippen LogP contribution in [-0.2, 0) is 0 Å². The van der Waals surface area contributed by atoms with E-state index in [1.807, 2.05) is 12.1 Å². The zero-order valence-corrected chi connectivity index (χ0v) is 30.2. The van der Waals surface area contributed by atoms with E-state index in [0.717, 1.165) is 60.0 Å². The number of hydrogen-bond donors (Lipinski definition) is 0. The highest BCUT2D eigenvalue weighted by Gasteiger charge is 2.20. The van der Waals surface area contributed by atoms with Gasteiger partial charge >= 0.3 is 0 Å². The summed E-state index contributed by atoms with van der Waals surface area (Å²) in [6.45, 7) is 0. The van der Waals surface area contributed by atoms with Crippen LogP contribution in [0.5, 0.6) is 0 Å². The highest BCUT2D eigenvalue weighted by Crippen LogP contribution is 2.43. The first-order chi connectivity index (χ1) is 27.2. The predicted octanol–water partition coefficient (Wildman–Crippen LogP) is 14.0. The van der Waals surface area contributed by atoms with Crippen molar-refractivity contribution in [2.75, 3.05) is 0 Å². The molecule has 0 radical (unpaired) electrons. The largest absolute Gasteiger partial charge is 0.456 e. The number of fused-ring (bicyclic) bond motifs is 10. The van der Waals surface area contributed by atoms with Gasteiger partial charge in [-0.25, -0.2) is 9.97 Å². The third kappa shape index (κ3) is 4.70. The minimum absolute atomic E-state index is 0.698. The summed E-state index contributed by atoms with van der Waals surface area (Å²) in [4.78, 5) is 10.7. The van der Waals surface area contributed by atoms with E-state index in [-0.39, 0.29) is 0 Å². The van der Waals surface area contributed by atoms with Gasteiger partial charge < -0.3 is 8.98 Å². The smallest absolute Gasteiger partial charge is 0.160 e. The van der Waals surface area contributed by atoms with Crippen LogP contribution < -0.4 is 0 Å². The number of aromatic nitrogens is 3. The summed E-state index contributed by atoms with van der Waals surface area (Å²) >= 11 is 1.75. The van der Waals surface area contributed by atoms with Crippen molar-refractivity contribution in [1.82, 2.24) is 14.5 Å². The summed E-state index contributed by atoms with van der Waals surface area (Å²) in [5, 5.41) is 8.28. The molecule has 0 spiro atoms. The van der Waals surface area contributed by atoms with Crippen LogP contribution in [0.1, 0.15) is 0 Å². The maximum Gasteiger partial charge on any atom is 0.160 e. The second kappa shape index (κ2) is 11.7. The molecule has 4 aromatic heterocycles. The number of benzene rings is 8. The van der Waals surface area contributed by atoms with E-state index in [1.54, 1.807) is 11.3 Å². The number of thiophene rings is 1. The Bertz CT molecular complexity index is 3480. The SMILES string of the molecule is c1ccc(-c2ccc3sc4c(-c5ccc6oc7ccccc7c6c5)nc(-c5ccc(-n6c7ccccc7c7cc8ccccc8cc76)cc5)nc4c3c2)cc1. The average Bonchev–Trinajstić information content (AvgIpc) is 3.91. The summed E-state index contributed by atoms with van der Waals surface area (Å²) < 4.78 is 10.8. The van der Waals surface area contributed by atoms with Crippen molar-refractivity contribution >= 4 is 86.2 Å². The van der Waals surface area contributed by atoms with Crippen LogP contribution in [0.3, 0.4) is 0 Å². The molecule has 0 saturated carbocycles. The molecule has 0 N–H and O–H groups in total. The van der Waals surface area contributed by atoms with Gasteiger partial charge in [-0.1, -0.05) is 97.1 Å². The van der Waals surface area contributed by atoms with Gasteiger partial charge in [-0.3, -0.25) is 0 Å². The van der Waals surface area contributed by atoms with E-state index in [2.05, 4.69) is 168 Å². The third-order valence-electron chi connectivity index (χ3n) is 11.0. The third-order valence-corrected chi connectivity index (χ3v) is 12.2. The molecule has 4 heterocycles. The van der Waals surface area contributed by atoms with Crippen LogP contribution >= 0.6 is 11.3 Å². The van der Waals surface area contributed by atoms with Crippen LogP contribution in [-0.4, -0.2) is 14.5 Å². The lowest BCUT2D eigenvalue weighted by molar-refractivity contribution is 0.669. The van der Waals surface area contributed by atoms with Gasteiger partial charge in [-0.2, -0.15) is 0 Å². The van der Waals surface area contributed by atoms with Gasteiger partial charge in [-0.15, -0.1) is 11.3 Å². The maximum absolute atomic E-state index is 6.21. The van der Waals surface area contributed by atoms with Crippen molar-refractivity contribution in [2.24, 2.45) is 0 Å². The standard InChI is InChI=1S/C50H29N3OS/c1-2-10-30(11-3-1)34-21-25-46-41(27-34)48-49(55-46)47(35-20-24-45-40(28-35)38-15-7-9-17-44(38)54-45)51-50(52-48)31-18-22-36(23-19-31)53-42-16-8-6-14-37(42)39-26-32-12-4-5-13-33(32)29-43(39)53/h1-29H. The van der Waals surface area contributed by atoms with Crippen molar-refractivity contribution in [2.45, 2.75) is 0 Å². The number of furan rings is 1. The Morgan fingerprint density at radius 1 is 0.436 bits per heavy atom. The summed E-state index contributed by atoms with van der Waals surface area (Å²) in [5.41, 5.74) is 11.5. The first kappa shape index (κ1) is 30.4. The zero-order valence-electron chi connectivity index (χ0n) is 29.4. The van der Waals surface area contributed by atoms with Gasteiger partial charge in [0.05, 0.1) is 26.9 Å². The topological polar surface area (TPSA) is 43.9 Å². The van der Waals surface area contributed by atoms with Crippen molar-refractivity contribution in [1.29, 1.82) is 0 Å². The van der Waals surface area contributed by atoms with Gasteiger partial charge in [0.25, 0.3) is 0 Å². The van der Waals surface area contributed by atoms with Crippen molar-refractivity contribution in [3.8, 4) is 39.5 Å². The van der Waals surface area contributed by atoms with Crippen molar-refractivity contribution in [3.05, 3.63) is 176 Å². The zero-order chi connectivity index (χ0) is 36.0. The molecule has 8 aromatic carbocycles. The molecule has 55 heavy (non-hydrogen) atoms. The lowest BCUT2D eigenvalue weighted by Crippen LogP contribution is -1.96. The predicted molar refractivity (Wildman–Crippen MR) is 230 cm³/mol. The Kier molecular flexibility index (Phi) is 6.47. The van der Waals surface area contributed by atoms with E-state index in [4.69, 9.17) is 14.4 Å². The molecule has 0 aliphatic rings. The average molecular weight is 720 g/mol. The molecule has 12 rings (SSSR count). The fourth-order valence-electron chi connectivity index (χ4n) is 8.34. The van der Waals surface area contributed by atoms with Crippen LogP contribution in [0, 0.1) is 0 Å². The molecular formula is C50H29N3OS. The first-order valence-electron chi connectivity index (χ1n) is 18.5. The molecule has 0 amide bonds. The molecule has 12 aromatic rings. The van der Waals surface area contributed by atoms with E-state index < -0.39 is 0 Å². The molecule has 256 valence electrons. The highest BCUT2D eigenvalue weighted by molar-refractivity contribution is 7.26. The summed E-state index contributed by atoms with van der Waals surface area (Å²) in [7, 11) is 0. The van der Waals surface area contributed by atoms with Crippen LogP contribution in [0.15, 0.2) is 180 Å². The van der Waals surface area contributed by atoms with Crippen molar-refractivity contribution < 1.29 is 4.42 Å². The Balaban J connectivity index is 1.06. The van der Waals surface area contributed by atoms with Gasteiger partial charge in [0.15, 0.2) is 5.82 Å². The summed E-state index contributed by atoms with van der Waals surface area (Å²) in [5.74, 6) is 0.698. The Morgan fingerprint density at radius 3 is 2.00 bits per heavy atom. The number of nitrogens with zero attached hydrogens (tertiary/aromatic N) is 3. The highest BCUT2D eigenvalue weighted by atomic mass is 32.1. The van der Waals surface area contributed by atoms with Gasteiger partial charge in [0.1, 0.15) is 11.2 Å². The molecule has 0 saturated heterocycles. The molecule has 0 unspecified atom stereocenters. The van der Waals surface area contributed by atoms with Gasteiger partial charge in [0, 0.05) is 48.4 Å². The number of para-hydroxylation sites is 2. The molecular weight excluding hydrogens is 691 g/mol. The molecule has 4 nitrogen and oxygen atoms in total.